The lowest BCUT2D eigenvalue weighted by Crippen LogP contribution is -2.16. The Kier molecular flexibility index (Phi) is 6.20. The minimum absolute atomic E-state index is 0.0483. The zero-order chi connectivity index (χ0) is 20.1. The van der Waals surface area contributed by atoms with Gasteiger partial charge < -0.3 is 10.1 Å². The molecule has 0 saturated carbocycles. The number of benzene rings is 2. The zero-order valence-corrected chi connectivity index (χ0v) is 17.4. The summed E-state index contributed by atoms with van der Waals surface area (Å²) in [6.07, 6.45) is 4.39. The molecule has 4 rings (SSSR count). The van der Waals surface area contributed by atoms with Gasteiger partial charge in [-0.3, -0.25) is 4.79 Å². The standard InChI is InChI=1S/C23H25N3O2S/c1-28-18-12-14-19(15-13-18)29-16-6-11-22(27)24-23-20-9-5-10-21(20)25-26(23)17-7-3-2-4-8-17/h2-4,7-8,12-15H,5-6,9-11,16H2,1H3,(H,24,27). The minimum atomic E-state index is 0.0483. The highest BCUT2D eigenvalue weighted by Gasteiger charge is 2.24. The molecular weight excluding hydrogens is 382 g/mol. The van der Waals surface area contributed by atoms with E-state index in [2.05, 4.69) is 5.32 Å². The summed E-state index contributed by atoms with van der Waals surface area (Å²) < 4.78 is 7.06. The molecule has 0 radical (unpaired) electrons. The maximum Gasteiger partial charge on any atom is 0.225 e. The van der Waals surface area contributed by atoms with Crippen molar-refractivity contribution in [2.24, 2.45) is 0 Å². The molecule has 0 fully saturated rings. The second-order valence-electron chi connectivity index (χ2n) is 7.05. The predicted octanol–water partition coefficient (Wildman–Crippen LogP) is 4.88. The molecule has 1 N–H and O–H groups in total. The number of aromatic nitrogens is 2. The smallest absolute Gasteiger partial charge is 0.225 e. The van der Waals surface area contributed by atoms with Gasteiger partial charge in [0, 0.05) is 16.9 Å². The summed E-state index contributed by atoms with van der Waals surface area (Å²) in [4.78, 5) is 13.8. The molecule has 0 bridgehead atoms. The van der Waals surface area contributed by atoms with Gasteiger partial charge in [-0.15, -0.1) is 11.8 Å². The second kappa shape index (κ2) is 9.18. The molecule has 29 heavy (non-hydrogen) atoms. The average Bonchev–Trinajstić information content (AvgIpc) is 3.35. The molecule has 0 atom stereocenters. The Balaban J connectivity index is 1.35. The Hall–Kier alpha value is -2.73. The number of rotatable bonds is 8. The number of amides is 1. The number of hydrogen-bond donors (Lipinski definition) is 1. The molecule has 0 saturated heterocycles. The molecule has 1 aromatic heterocycles. The molecule has 0 aliphatic heterocycles. The van der Waals surface area contributed by atoms with Crippen molar-refractivity contribution >= 4 is 23.5 Å². The molecule has 1 aliphatic rings. The molecule has 1 aliphatic carbocycles. The monoisotopic (exact) mass is 407 g/mol. The first-order valence-corrected chi connectivity index (χ1v) is 11.0. The molecular formula is C23H25N3O2S. The summed E-state index contributed by atoms with van der Waals surface area (Å²) in [6, 6.07) is 18.0. The highest BCUT2D eigenvalue weighted by Crippen LogP contribution is 2.31. The number of ether oxygens (including phenoxy) is 1. The van der Waals surface area contributed by atoms with Crippen molar-refractivity contribution in [2.45, 2.75) is 37.0 Å². The number of aryl methyl sites for hydroxylation is 1. The minimum Gasteiger partial charge on any atom is -0.497 e. The first-order valence-electron chi connectivity index (χ1n) is 9.97. The largest absolute Gasteiger partial charge is 0.497 e. The summed E-state index contributed by atoms with van der Waals surface area (Å²) >= 11 is 1.76. The third-order valence-electron chi connectivity index (χ3n) is 5.04. The Bertz CT molecular complexity index is 968. The second-order valence-corrected chi connectivity index (χ2v) is 8.22. The van der Waals surface area contributed by atoms with E-state index < -0.39 is 0 Å². The molecule has 6 heteroatoms. The van der Waals surface area contributed by atoms with Crippen LogP contribution in [0.2, 0.25) is 0 Å². The van der Waals surface area contributed by atoms with Crippen molar-refractivity contribution in [3.8, 4) is 11.4 Å². The van der Waals surface area contributed by atoms with Crippen LogP contribution in [0.3, 0.4) is 0 Å². The molecule has 0 spiro atoms. The number of fused-ring (bicyclic) bond motifs is 1. The lowest BCUT2D eigenvalue weighted by atomic mass is 10.2. The molecule has 1 heterocycles. The molecule has 150 valence electrons. The van der Waals surface area contributed by atoms with Gasteiger partial charge in [0.1, 0.15) is 11.6 Å². The van der Waals surface area contributed by atoms with Crippen molar-refractivity contribution in [2.75, 3.05) is 18.2 Å². The fourth-order valence-electron chi connectivity index (χ4n) is 3.57. The summed E-state index contributed by atoms with van der Waals surface area (Å²) in [6.45, 7) is 0. The van der Waals surface area contributed by atoms with E-state index in [1.165, 1.54) is 10.5 Å². The van der Waals surface area contributed by atoms with E-state index in [-0.39, 0.29) is 5.91 Å². The van der Waals surface area contributed by atoms with E-state index in [9.17, 15) is 4.79 Å². The summed E-state index contributed by atoms with van der Waals surface area (Å²) in [7, 11) is 1.67. The number of nitrogens with one attached hydrogen (secondary N) is 1. The molecule has 3 aromatic rings. The molecule has 0 unspecified atom stereocenters. The van der Waals surface area contributed by atoms with E-state index in [1.807, 2.05) is 59.3 Å². The Morgan fingerprint density at radius 3 is 2.69 bits per heavy atom. The van der Waals surface area contributed by atoms with Crippen LogP contribution in [0, 0.1) is 0 Å². The van der Waals surface area contributed by atoms with Crippen LogP contribution < -0.4 is 10.1 Å². The number of hydrogen-bond acceptors (Lipinski definition) is 4. The van der Waals surface area contributed by atoms with Crippen molar-refractivity contribution in [3.63, 3.8) is 0 Å². The normalized spacial score (nSPS) is 12.6. The van der Waals surface area contributed by atoms with Crippen LogP contribution in [0.5, 0.6) is 5.75 Å². The van der Waals surface area contributed by atoms with E-state index in [0.29, 0.717) is 6.42 Å². The number of methoxy groups -OCH3 is 1. The quantitative estimate of drug-likeness (QED) is 0.427. The van der Waals surface area contributed by atoms with Crippen molar-refractivity contribution in [1.29, 1.82) is 0 Å². The highest BCUT2D eigenvalue weighted by atomic mass is 32.2. The summed E-state index contributed by atoms with van der Waals surface area (Å²) in [5.74, 6) is 2.65. The highest BCUT2D eigenvalue weighted by molar-refractivity contribution is 7.99. The van der Waals surface area contributed by atoms with Crippen molar-refractivity contribution < 1.29 is 9.53 Å². The van der Waals surface area contributed by atoms with Gasteiger partial charge in [-0.2, -0.15) is 5.10 Å². The van der Waals surface area contributed by atoms with E-state index >= 15 is 0 Å². The lowest BCUT2D eigenvalue weighted by Gasteiger charge is -2.11. The van der Waals surface area contributed by atoms with Crippen LogP contribution >= 0.6 is 11.8 Å². The van der Waals surface area contributed by atoms with Gasteiger partial charge in [0.2, 0.25) is 5.91 Å². The van der Waals surface area contributed by atoms with Gasteiger partial charge in [0.25, 0.3) is 0 Å². The zero-order valence-electron chi connectivity index (χ0n) is 16.6. The van der Waals surface area contributed by atoms with Crippen LogP contribution in [0.25, 0.3) is 5.69 Å². The van der Waals surface area contributed by atoms with Crippen LogP contribution in [0.4, 0.5) is 5.82 Å². The van der Waals surface area contributed by atoms with Crippen LogP contribution in [0.15, 0.2) is 59.5 Å². The summed E-state index contributed by atoms with van der Waals surface area (Å²) in [5.41, 5.74) is 3.28. The van der Waals surface area contributed by atoms with Gasteiger partial charge >= 0.3 is 0 Å². The van der Waals surface area contributed by atoms with Gasteiger partial charge in [0.15, 0.2) is 0 Å². The first kappa shape index (κ1) is 19.6. The number of carbonyl (C=O) groups is 1. The van der Waals surface area contributed by atoms with Crippen LogP contribution in [-0.2, 0) is 17.6 Å². The number of carbonyl (C=O) groups excluding carboxylic acids is 1. The molecule has 5 nitrogen and oxygen atoms in total. The Morgan fingerprint density at radius 1 is 1.14 bits per heavy atom. The number of para-hydroxylation sites is 1. The fourth-order valence-corrected chi connectivity index (χ4v) is 4.42. The van der Waals surface area contributed by atoms with E-state index in [0.717, 1.165) is 54.4 Å². The first-order chi connectivity index (χ1) is 14.2. The number of anilines is 1. The average molecular weight is 408 g/mol. The number of thioether (sulfide) groups is 1. The third-order valence-corrected chi connectivity index (χ3v) is 6.14. The Labute approximate surface area is 175 Å². The van der Waals surface area contributed by atoms with Gasteiger partial charge in [0.05, 0.1) is 18.5 Å². The SMILES string of the molecule is COc1ccc(SCCCC(=O)Nc2c3c(nn2-c2ccccc2)CCC3)cc1. The van der Waals surface area contributed by atoms with Gasteiger partial charge in [-0.05, 0) is 67.8 Å². The maximum absolute atomic E-state index is 12.6. The van der Waals surface area contributed by atoms with E-state index in [4.69, 9.17) is 9.84 Å². The Morgan fingerprint density at radius 2 is 1.93 bits per heavy atom. The van der Waals surface area contributed by atoms with Crippen LogP contribution in [0.1, 0.15) is 30.5 Å². The van der Waals surface area contributed by atoms with Gasteiger partial charge in [-0.25, -0.2) is 4.68 Å². The lowest BCUT2D eigenvalue weighted by molar-refractivity contribution is -0.116. The van der Waals surface area contributed by atoms with Crippen molar-refractivity contribution in [1.82, 2.24) is 9.78 Å². The van der Waals surface area contributed by atoms with Gasteiger partial charge in [-0.1, -0.05) is 18.2 Å². The fraction of sp³-hybridized carbons (Fsp3) is 0.304. The van der Waals surface area contributed by atoms with Crippen LogP contribution in [-0.4, -0.2) is 28.6 Å². The maximum atomic E-state index is 12.6. The number of nitrogens with zero attached hydrogens (tertiary/aromatic N) is 2. The molecule has 1 amide bonds. The predicted molar refractivity (Wildman–Crippen MR) is 117 cm³/mol. The molecule has 2 aromatic carbocycles. The summed E-state index contributed by atoms with van der Waals surface area (Å²) in [5, 5.41) is 7.89. The third kappa shape index (κ3) is 4.65. The van der Waals surface area contributed by atoms with Crippen molar-refractivity contribution in [3.05, 3.63) is 65.9 Å². The topological polar surface area (TPSA) is 56.1 Å². The van der Waals surface area contributed by atoms with E-state index in [1.54, 1.807) is 18.9 Å².